The Labute approximate surface area is 143 Å². The maximum absolute atomic E-state index is 12.4. The second kappa shape index (κ2) is 7.18. The number of anilines is 1. The highest BCUT2D eigenvalue weighted by Crippen LogP contribution is 2.17. The third-order valence-corrected chi connectivity index (χ3v) is 4.77. The summed E-state index contributed by atoms with van der Waals surface area (Å²) in [6, 6.07) is 10.1. The SMILES string of the molecule is Cc1ccc(-n2nc(C)cc2NC(=O)C[NH+]2CCC(C)CC2)cc1. The lowest BCUT2D eigenvalue weighted by Crippen LogP contribution is -3.14. The molecule has 1 aliphatic rings. The molecule has 1 aromatic carbocycles. The first kappa shape index (κ1) is 16.7. The van der Waals surface area contributed by atoms with Crippen LogP contribution in [0.3, 0.4) is 0 Å². The van der Waals surface area contributed by atoms with E-state index in [-0.39, 0.29) is 5.91 Å². The molecule has 128 valence electrons. The number of carbonyl (C=O) groups is 1. The number of hydrogen-bond acceptors (Lipinski definition) is 2. The Morgan fingerprint density at radius 2 is 1.92 bits per heavy atom. The summed E-state index contributed by atoms with van der Waals surface area (Å²) in [5.41, 5.74) is 3.06. The Morgan fingerprint density at radius 3 is 2.58 bits per heavy atom. The number of nitrogens with zero attached hydrogens (tertiary/aromatic N) is 2. The molecule has 1 saturated heterocycles. The summed E-state index contributed by atoms with van der Waals surface area (Å²) < 4.78 is 1.81. The van der Waals surface area contributed by atoms with Gasteiger partial charge in [0.1, 0.15) is 5.82 Å². The second-order valence-electron chi connectivity index (χ2n) is 7.08. The summed E-state index contributed by atoms with van der Waals surface area (Å²) in [7, 11) is 0. The summed E-state index contributed by atoms with van der Waals surface area (Å²) in [4.78, 5) is 13.8. The first-order valence-corrected chi connectivity index (χ1v) is 8.78. The Kier molecular flexibility index (Phi) is 5.00. The van der Waals surface area contributed by atoms with Crippen molar-refractivity contribution in [1.82, 2.24) is 9.78 Å². The third kappa shape index (κ3) is 4.03. The van der Waals surface area contributed by atoms with Crippen LogP contribution >= 0.6 is 0 Å². The molecule has 1 aromatic heterocycles. The van der Waals surface area contributed by atoms with Gasteiger partial charge < -0.3 is 10.2 Å². The van der Waals surface area contributed by atoms with Crippen LogP contribution in [0.4, 0.5) is 5.82 Å². The van der Waals surface area contributed by atoms with Gasteiger partial charge in [-0.3, -0.25) is 4.79 Å². The van der Waals surface area contributed by atoms with Gasteiger partial charge in [0.15, 0.2) is 6.54 Å². The zero-order chi connectivity index (χ0) is 17.1. The maximum Gasteiger partial charge on any atom is 0.280 e. The number of rotatable bonds is 4. The lowest BCUT2D eigenvalue weighted by molar-refractivity contribution is -0.897. The normalized spacial score (nSPS) is 20.8. The zero-order valence-electron chi connectivity index (χ0n) is 14.8. The number of piperidine rings is 1. The average Bonchev–Trinajstić information content (AvgIpc) is 2.90. The first-order valence-electron chi connectivity index (χ1n) is 8.78. The molecule has 2 aromatic rings. The number of aryl methyl sites for hydroxylation is 2. The van der Waals surface area contributed by atoms with Gasteiger partial charge >= 0.3 is 0 Å². The average molecular weight is 327 g/mol. The minimum absolute atomic E-state index is 0.0628. The van der Waals surface area contributed by atoms with Crippen LogP contribution in [0.15, 0.2) is 30.3 Å². The highest BCUT2D eigenvalue weighted by Gasteiger charge is 2.22. The predicted molar refractivity (Wildman–Crippen MR) is 95.6 cm³/mol. The van der Waals surface area contributed by atoms with Crippen LogP contribution in [0.5, 0.6) is 0 Å². The van der Waals surface area contributed by atoms with Gasteiger partial charge in [-0.1, -0.05) is 24.6 Å². The Morgan fingerprint density at radius 1 is 1.25 bits per heavy atom. The number of hydrogen-bond donors (Lipinski definition) is 2. The number of quaternary nitrogens is 1. The van der Waals surface area contributed by atoms with E-state index in [0.717, 1.165) is 36.2 Å². The van der Waals surface area contributed by atoms with Crippen LogP contribution in [0.2, 0.25) is 0 Å². The minimum Gasteiger partial charge on any atom is -0.327 e. The lowest BCUT2D eigenvalue weighted by Gasteiger charge is -2.26. The number of benzene rings is 1. The summed E-state index contributed by atoms with van der Waals surface area (Å²) in [5.74, 6) is 1.60. The fourth-order valence-electron chi connectivity index (χ4n) is 3.23. The summed E-state index contributed by atoms with van der Waals surface area (Å²) in [6.07, 6.45) is 2.42. The van der Waals surface area contributed by atoms with Crippen molar-refractivity contribution in [3.8, 4) is 5.69 Å². The van der Waals surface area contributed by atoms with Crippen molar-refractivity contribution in [2.24, 2.45) is 5.92 Å². The molecule has 24 heavy (non-hydrogen) atoms. The largest absolute Gasteiger partial charge is 0.327 e. The number of amides is 1. The quantitative estimate of drug-likeness (QED) is 0.899. The smallest absolute Gasteiger partial charge is 0.280 e. The van der Waals surface area contributed by atoms with E-state index < -0.39 is 0 Å². The standard InChI is InChI=1S/C19H26N4O/c1-14-4-6-17(7-5-14)23-18(12-16(3)21-23)20-19(24)13-22-10-8-15(2)9-11-22/h4-7,12,15H,8-11,13H2,1-3H3,(H,20,24)/p+1. The molecule has 1 fully saturated rings. The molecule has 5 heteroatoms. The van der Waals surface area contributed by atoms with Crippen molar-refractivity contribution in [3.05, 3.63) is 41.6 Å². The molecule has 0 atom stereocenters. The van der Waals surface area contributed by atoms with Gasteiger partial charge in [-0.05, 0) is 44.7 Å². The topological polar surface area (TPSA) is 51.4 Å². The van der Waals surface area contributed by atoms with Crippen LogP contribution in [-0.2, 0) is 4.79 Å². The maximum atomic E-state index is 12.4. The molecule has 1 aliphatic heterocycles. The van der Waals surface area contributed by atoms with E-state index in [1.165, 1.54) is 23.3 Å². The molecule has 0 spiro atoms. The summed E-state index contributed by atoms with van der Waals surface area (Å²) in [6.45, 7) is 9.00. The summed E-state index contributed by atoms with van der Waals surface area (Å²) >= 11 is 0. The van der Waals surface area contributed by atoms with Gasteiger partial charge in [-0.25, -0.2) is 4.68 Å². The molecular formula is C19H27N4O+. The monoisotopic (exact) mass is 327 g/mol. The van der Waals surface area contributed by atoms with E-state index in [2.05, 4.69) is 36.4 Å². The molecule has 3 rings (SSSR count). The van der Waals surface area contributed by atoms with Gasteiger partial charge in [-0.15, -0.1) is 0 Å². The molecule has 0 radical (unpaired) electrons. The van der Waals surface area contributed by atoms with Crippen LogP contribution in [0.1, 0.15) is 31.0 Å². The van der Waals surface area contributed by atoms with Crippen molar-refractivity contribution in [2.45, 2.75) is 33.6 Å². The van der Waals surface area contributed by atoms with Crippen molar-refractivity contribution in [2.75, 3.05) is 25.0 Å². The molecule has 2 heterocycles. The molecule has 0 aliphatic carbocycles. The number of carbonyl (C=O) groups excluding carboxylic acids is 1. The van der Waals surface area contributed by atoms with E-state index in [4.69, 9.17) is 0 Å². The fraction of sp³-hybridized carbons (Fsp3) is 0.474. The Hall–Kier alpha value is -2.14. The van der Waals surface area contributed by atoms with Gasteiger partial charge in [0.2, 0.25) is 0 Å². The van der Waals surface area contributed by atoms with Crippen molar-refractivity contribution in [1.29, 1.82) is 0 Å². The van der Waals surface area contributed by atoms with Crippen LogP contribution in [0.25, 0.3) is 5.69 Å². The van der Waals surface area contributed by atoms with E-state index in [1.54, 1.807) is 4.68 Å². The van der Waals surface area contributed by atoms with E-state index in [1.807, 2.05) is 25.1 Å². The van der Waals surface area contributed by atoms with Gasteiger partial charge in [0.05, 0.1) is 24.5 Å². The van der Waals surface area contributed by atoms with Gasteiger partial charge in [0.25, 0.3) is 5.91 Å². The highest BCUT2D eigenvalue weighted by atomic mass is 16.2. The zero-order valence-corrected chi connectivity index (χ0v) is 14.8. The Balaban J connectivity index is 1.68. The van der Waals surface area contributed by atoms with Crippen molar-refractivity contribution < 1.29 is 9.69 Å². The molecule has 2 N–H and O–H groups in total. The number of nitrogens with one attached hydrogen (secondary N) is 2. The van der Waals surface area contributed by atoms with Gasteiger partial charge in [0, 0.05) is 6.07 Å². The summed E-state index contributed by atoms with van der Waals surface area (Å²) in [5, 5.41) is 7.56. The fourth-order valence-corrected chi connectivity index (χ4v) is 3.23. The molecular weight excluding hydrogens is 300 g/mol. The molecule has 1 amide bonds. The van der Waals surface area contributed by atoms with Crippen LogP contribution in [-0.4, -0.2) is 35.3 Å². The van der Waals surface area contributed by atoms with Crippen molar-refractivity contribution in [3.63, 3.8) is 0 Å². The molecule has 5 nitrogen and oxygen atoms in total. The third-order valence-electron chi connectivity index (χ3n) is 4.77. The van der Waals surface area contributed by atoms with Crippen LogP contribution < -0.4 is 10.2 Å². The van der Waals surface area contributed by atoms with E-state index in [9.17, 15) is 4.79 Å². The number of aromatic nitrogens is 2. The first-order chi connectivity index (χ1) is 11.5. The molecule has 0 unspecified atom stereocenters. The van der Waals surface area contributed by atoms with Crippen LogP contribution in [0, 0.1) is 19.8 Å². The second-order valence-corrected chi connectivity index (χ2v) is 7.08. The van der Waals surface area contributed by atoms with Gasteiger partial charge in [-0.2, -0.15) is 5.10 Å². The molecule has 0 bridgehead atoms. The number of likely N-dealkylation sites (tertiary alicyclic amines) is 1. The predicted octanol–water partition coefficient (Wildman–Crippen LogP) is 1.74. The minimum atomic E-state index is 0.0628. The molecule has 0 saturated carbocycles. The van der Waals surface area contributed by atoms with E-state index in [0.29, 0.717) is 6.54 Å². The lowest BCUT2D eigenvalue weighted by atomic mass is 9.99. The Bertz CT molecular complexity index is 697. The van der Waals surface area contributed by atoms with Crippen molar-refractivity contribution >= 4 is 11.7 Å². The highest BCUT2D eigenvalue weighted by molar-refractivity contribution is 5.91. The van der Waals surface area contributed by atoms with E-state index >= 15 is 0 Å².